The summed E-state index contributed by atoms with van der Waals surface area (Å²) in [4.78, 5) is 38.2. The van der Waals surface area contributed by atoms with Gasteiger partial charge in [0.05, 0.1) is 17.1 Å². The minimum absolute atomic E-state index is 0.0522. The molecule has 2 rings (SSSR count). The number of nitro groups is 1. The number of thioether (sulfide) groups is 2. The lowest BCUT2D eigenvalue weighted by Crippen LogP contribution is -2.07. The summed E-state index contributed by atoms with van der Waals surface area (Å²) < 4.78 is 10.9. The lowest BCUT2D eigenvalue weighted by molar-refractivity contribution is -0.386. The zero-order valence-electron chi connectivity index (χ0n) is 13.6. The van der Waals surface area contributed by atoms with Crippen molar-refractivity contribution in [3.8, 4) is 11.5 Å². The first kappa shape index (κ1) is 19.0. The fourth-order valence-corrected chi connectivity index (χ4v) is 3.28. The van der Waals surface area contributed by atoms with E-state index in [-0.39, 0.29) is 34.5 Å². The van der Waals surface area contributed by atoms with Gasteiger partial charge in [0.2, 0.25) is 10.9 Å². The molecule has 0 saturated heterocycles. The Balaban J connectivity index is 2.61. The minimum Gasteiger partial charge on any atom is -0.485 e. The topological polar surface area (TPSA) is 108 Å². The Labute approximate surface area is 151 Å². The van der Waals surface area contributed by atoms with Crippen LogP contribution in [0.15, 0.2) is 22.8 Å². The predicted octanol–water partition coefficient (Wildman–Crippen LogP) is 3.25. The molecule has 0 fully saturated rings. The van der Waals surface area contributed by atoms with Crippen LogP contribution < -0.4 is 9.47 Å². The van der Waals surface area contributed by atoms with Crippen LogP contribution in [0.1, 0.15) is 19.4 Å². The molecule has 0 atom stereocenters. The second kappa shape index (κ2) is 8.17. The number of hydrogen-bond acceptors (Lipinski definition) is 9. The third-order valence-electron chi connectivity index (χ3n) is 2.92. The van der Waals surface area contributed by atoms with Crippen LogP contribution in [-0.4, -0.2) is 33.2 Å². The summed E-state index contributed by atoms with van der Waals surface area (Å²) in [5.74, 6) is -0.842. The van der Waals surface area contributed by atoms with Gasteiger partial charge < -0.3 is 9.47 Å². The molecule has 1 aliphatic heterocycles. The number of rotatable bonds is 5. The molecule has 0 aromatic heterocycles. The Hall–Kier alpha value is -2.33. The van der Waals surface area contributed by atoms with Gasteiger partial charge in [0.1, 0.15) is 10.1 Å². The maximum absolute atomic E-state index is 11.9. The molecule has 0 amide bonds. The standard InChI is InChI=1S/C15H14N2O6S2/c1-4-22-13-11(23-8(2)18)6-5-9(12(13)17(20)21)7-10-14(19)25-15(16-10)24-3/h5-7H,4H2,1-3H3/b10-7-. The lowest BCUT2D eigenvalue weighted by Gasteiger charge is -2.11. The van der Waals surface area contributed by atoms with Crippen LogP contribution in [0.5, 0.6) is 11.5 Å². The molecule has 1 aromatic carbocycles. The first-order valence-corrected chi connectivity index (χ1v) is 9.10. The zero-order valence-corrected chi connectivity index (χ0v) is 15.2. The van der Waals surface area contributed by atoms with Gasteiger partial charge in [0.15, 0.2) is 5.75 Å². The Morgan fingerprint density at radius 3 is 2.72 bits per heavy atom. The molecular formula is C15H14N2O6S2. The van der Waals surface area contributed by atoms with Gasteiger partial charge in [0, 0.05) is 6.92 Å². The van der Waals surface area contributed by atoms with Gasteiger partial charge in [-0.15, -0.1) is 11.8 Å². The van der Waals surface area contributed by atoms with Gasteiger partial charge in [-0.3, -0.25) is 19.7 Å². The van der Waals surface area contributed by atoms with Crippen LogP contribution in [0.4, 0.5) is 5.69 Å². The van der Waals surface area contributed by atoms with Crippen molar-refractivity contribution in [2.75, 3.05) is 12.9 Å². The van der Waals surface area contributed by atoms with Crippen molar-refractivity contribution in [2.45, 2.75) is 13.8 Å². The number of aliphatic imine (C=N–C) groups is 1. The number of hydrogen-bond donors (Lipinski definition) is 0. The quantitative estimate of drug-likeness (QED) is 0.251. The van der Waals surface area contributed by atoms with Crippen molar-refractivity contribution in [3.05, 3.63) is 33.5 Å². The van der Waals surface area contributed by atoms with Crippen LogP contribution in [0, 0.1) is 10.1 Å². The fourth-order valence-electron chi connectivity index (χ4n) is 2.02. The van der Waals surface area contributed by atoms with Gasteiger partial charge in [-0.1, -0.05) is 0 Å². The van der Waals surface area contributed by atoms with Crippen LogP contribution in [0.3, 0.4) is 0 Å². The molecule has 0 N–H and O–H groups in total. The molecule has 1 aliphatic rings. The van der Waals surface area contributed by atoms with Gasteiger partial charge >= 0.3 is 11.7 Å². The predicted molar refractivity (Wildman–Crippen MR) is 97.1 cm³/mol. The molecule has 0 unspecified atom stereocenters. The number of benzene rings is 1. The van der Waals surface area contributed by atoms with Gasteiger partial charge in [-0.25, -0.2) is 4.99 Å². The summed E-state index contributed by atoms with van der Waals surface area (Å²) in [7, 11) is 0. The normalized spacial score (nSPS) is 15.2. The van der Waals surface area contributed by atoms with E-state index in [0.717, 1.165) is 11.8 Å². The molecule has 0 bridgehead atoms. The smallest absolute Gasteiger partial charge is 0.322 e. The third kappa shape index (κ3) is 4.40. The van der Waals surface area contributed by atoms with Crippen molar-refractivity contribution in [1.29, 1.82) is 0 Å². The Morgan fingerprint density at radius 2 is 2.20 bits per heavy atom. The van der Waals surface area contributed by atoms with Crippen molar-refractivity contribution >= 4 is 50.7 Å². The van der Waals surface area contributed by atoms with E-state index < -0.39 is 16.6 Å². The molecule has 8 nitrogen and oxygen atoms in total. The SMILES string of the molecule is CCOc1c(OC(C)=O)ccc(/C=C2\N=C(SC)SC2=O)c1[N+](=O)[O-]. The van der Waals surface area contributed by atoms with Crippen LogP contribution in [-0.2, 0) is 9.59 Å². The Kier molecular flexibility index (Phi) is 6.21. The van der Waals surface area contributed by atoms with E-state index in [2.05, 4.69) is 4.99 Å². The number of ether oxygens (including phenoxy) is 2. The van der Waals surface area contributed by atoms with Gasteiger partial charge in [0.25, 0.3) is 0 Å². The highest BCUT2D eigenvalue weighted by atomic mass is 32.2. The average Bonchev–Trinajstić information content (AvgIpc) is 2.89. The second-order valence-corrected chi connectivity index (χ2v) is 6.63. The molecule has 25 heavy (non-hydrogen) atoms. The first-order valence-electron chi connectivity index (χ1n) is 7.06. The maximum Gasteiger partial charge on any atom is 0.322 e. The van der Waals surface area contributed by atoms with E-state index in [1.807, 2.05) is 0 Å². The molecular weight excluding hydrogens is 368 g/mol. The summed E-state index contributed by atoms with van der Waals surface area (Å²) in [6.45, 7) is 2.97. The number of nitro benzene ring substituents is 1. The van der Waals surface area contributed by atoms with E-state index in [4.69, 9.17) is 9.47 Å². The summed E-state index contributed by atoms with van der Waals surface area (Å²) in [6.07, 6.45) is 3.11. The fraction of sp³-hybridized carbons (Fsp3) is 0.267. The van der Waals surface area contributed by atoms with E-state index in [1.165, 1.54) is 36.9 Å². The highest BCUT2D eigenvalue weighted by molar-refractivity contribution is 8.45. The zero-order chi connectivity index (χ0) is 18.6. The second-order valence-electron chi connectivity index (χ2n) is 4.62. The van der Waals surface area contributed by atoms with E-state index in [9.17, 15) is 19.7 Å². The van der Waals surface area contributed by atoms with Crippen molar-refractivity contribution in [3.63, 3.8) is 0 Å². The van der Waals surface area contributed by atoms with E-state index in [1.54, 1.807) is 13.2 Å². The molecule has 10 heteroatoms. The molecule has 1 heterocycles. The highest BCUT2D eigenvalue weighted by Crippen LogP contribution is 2.41. The van der Waals surface area contributed by atoms with Gasteiger partial charge in [-0.2, -0.15) is 0 Å². The largest absolute Gasteiger partial charge is 0.485 e. The van der Waals surface area contributed by atoms with Crippen molar-refractivity contribution in [2.24, 2.45) is 4.99 Å². The highest BCUT2D eigenvalue weighted by Gasteiger charge is 2.28. The molecule has 0 saturated carbocycles. The average molecular weight is 382 g/mol. The first-order chi connectivity index (χ1) is 11.9. The van der Waals surface area contributed by atoms with Crippen molar-refractivity contribution < 1.29 is 24.0 Å². The summed E-state index contributed by atoms with van der Waals surface area (Å²) >= 11 is 2.29. The monoisotopic (exact) mass is 382 g/mol. The number of carbonyl (C=O) groups excluding carboxylic acids is 2. The lowest BCUT2D eigenvalue weighted by atomic mass is 10.1. The molecule has 132 valence electrons. The third-order valence-corrected chi connectivity index (χ3v) is 4.77. The molecule has 0 radical (unpaired) electrons. The molecule has 0 spiro atoms. The van der Waals surface area contributed by atoms with Crippen LogP contribution in [0.25, 0.3) is 6.08 Å². The van der Waals surface area contributed by atoms with E-state index >= 15 is 0 Å². The Morgan fingerprint density at radius 1 is 1.48 bits per heavy atom. The molecule has 1 aromatic rings. The summed E-state index contributed by atoms with van der Waals surface area (Å²) in [5.41, 5.74) is -0.141. The van der Waals surface area contributed by atoms with E-state index in [0.29, 0.717) is 4.38 Å². The Bertz CT molecular complexity index is 803. The van der Waals surface area contributed by atoms with Gasteiger partial charge in [-0.05, 0) is 43.2 Å². The number of esters is 1. The van der Waals surface area contributed by atoms with Crippen LogP contribution >= 0.6 is 23.5 Å². The summed E-state index contributed by atoms with van der Waals surface area (Å²) in [5, 5.41) is 11.3. The maximum atomic E-state index is 11.9. The number of nitrogens with zero attached hydrogens (tertiary/aromatic N) is 2. The minimum atomic E-state index is -0.643. The van der Waals surface area contributed by atoms with Crippen LogP contribution in [0.2, 0.25) is 0 Å². The molecule has 0 aliphatic carbocycles. The number of carbonyl (C=O) groups is 2. The van der Waals surface area contributed by atoms with Crippen molar-refractivity contribution in [1.82, 2.24) is 0 Å². The summed E-state index contributed by atoms with van der Waals surface area (Å²) in [6, 6.07) is 2.77.